The van der Waals surface area contributed by atoms with Crippen LogP contribution in [0.2, 0.25) is 0 Å². The molecular formula is C12H13F2NO4S. The van der Waals surface area contributed by atoms with Crippen molar-refractivity contribution < 1.29 is 27.1 Å². The van der Waals surface area contributed by atoms with Crippen LogP contribution in [-0.2, 0) is 14.8 Å². The van der Waals surface area contributed by atoms with Crippen LogP contribution in [0.4, 0.5) is 8.78 Å². The van der Waals surface area contributed by atoms with Crippen LogP contribution in [-0.4, -0.2) is 36.4 Å². The van der Waals surface area contributed by atoms with Crippen LogP contribution >= 0.6 is 0 Å². The third-order valence-electron chi connectivity index (χ3n) is 3.49. The van der Waals surface area contributed by atoms with Gasteiger partial charge in [0.05, 0.1) is 5.92 Å². The lowest BCUT2D eigenvalue weighted by molar-refractivity contribution is -0.142. The van der Waals surface area contributed by atoms with Crippen molar-refractivity contribution in [1.29, 1.82) is 0 Å². The zero-order chi connectivity index (χ0) is 15.1. The molecule has 2 unspecified atom stereocenters. The number of halogens is 2. The molecule has 1 saturated heterocycles. The molecule has 0 amide bonds. The van der Waals surface area contributed by atoms with Gasteiger partial charge in [-0.3, -0.25) is 4.79 Å². The average molecular weight is 305 g/mol. The molecule has 110 valence electrons. The molecule has 2 atom stereocenters. The number of rotatable bonds is 3. The number of nitrogens with zero attached hydrogens (tertiary/aromatic N) is 1. The third-order valence-corrected chi connectivity index (χ3v) is 5.51. The van der Waals surface area contributed by atoms with Gasteiger partial charge in [-0.05, 0) is 25.5 Å². The molecule has 1 heterocycles. The van der Waals surface area contributed by atoms with Gasteiger partial charge in [-0.2, -0.15) is 4.31 Å². The van der Waals surface area contributed by atoms with Crippen LogP contribution < -0.4 is 0 Å². The molecular weight excluding hydrogens is 292 g/mol. The number of carbonyl (C=O) groups is 1. The molecule has 1 fully saturated rings. The Kier molecular flexibility index (Phi) is 3.79. The van der Waals surface area contributed by atoms with Gasteiger partial charge in [0.2, 0.25) is 10.0 Å². The van der Waals surface area contributed by atoms with Gasteiger partial charge >= 0.3 is 5.97 Å². The molecule has 0 aliphatic carbocycles. The summed E-state index contributed by atoms with van der Waals surface area (Å²) in [4.78, 5) is 10.3. The number of hydrogen-bond donors (Lipinski definition) is 1. The van der Waals surface area contributed by atoms with E-state index in [0.29, 0.717) is 6.07 Å². The van der Waals surface area contributed by atoms with Crippen molar-refractivity contribution in [2.24, 2.45) is 5.92 Å². The maximum Gasteiger partial charge on any atom is 0.308 e. The fraction of sp³-hybridized carbons (Fsp3) is 0.417. The van der Waals surface area contributed by atoms with Crippen molar-refractivity contribution in [3.05, 3.63) is 29.8 Å². The summed E-state index contributed by atoms with van der Waals surface area (Å²) < 4.78 is 52.0. The molecule has 1 aromatic carbocycles. The predicted molar refractivity (Wildman–Crippen MR) is 65.5 cm³/mol. The van der Waals surface area contributed by atoms with E-state index in [9.17, 15) is 22.0 Å². The van der Waals surface area contributed by atoms with E-state index in [1.165, 1.54) is 6.92 Å². The minimum atomic E-state index is -4.17. The number of sulfonamides is 1. The van der Waals surface area contributed by atoms with E-state index in [2.05, 4.69) is 0 Å². The van der Waals surface area contributed by atoms with Gasteiger partial charge in [-0.1, -0.05) is 0 Å². The molecule has 5 nitrogen and oxygen atoms in total. The molecule has 0 spiro atoms. The molecule has 1 N–H and O–H groups in total. The van der Waals surface area contributed by atoms with Gasteiger partial charge < -0.3 is 5.11 Å². The number of hydrogen-bond acceptors (Lipinski definition) is 3. The number of carboxylic acids is 1. The van der Waals surface area contributed by atoms with E-state index in [1.807, 2.05) is 0 Å². The summed E-state index contributed by atoms with van der Waals surface area (Å²) in [5.41, 5.74) is 0. The third kappa shape index (κ3) is 2.40. The summed E-state index contributed by atoms with van der Waals surface area (Å²) in [5.74, 6) is -3.97. The lowest BCUT2D eigenvalue weighted by Gasteiger charge is -2.22. The van der Waals surface area contributed by atoms with E-state index in [0.717, 1.165) is 16.4 Å². The summed E-state index contributed by atoms with van der Waals surface area (Å²) in [5, 5.41) is 8.98. The van der Waals surface area contributed by atoms with Gasteiger partial charge in [0, 0.05) is 18.7 Å². The lowest BCUT2D eigenvalue weighted by atomic mass is 10.0. The van der Waals surface area contributed by atoms with Crippen LogP contribution in [0.3, 0.4) is 0 Å². The van der Waals surface area contributed by atoms with Gasteiger partial charge in [-0.25, -0.2) is 17.2 Å². The van der Waals surface area contributed by atoms with Crippen LogP contribution in [0.15, 0.2) is 23.1 Å². The van der Waals surface area contributed by atoms with Crippen molar-refractivity contribution in [2.45, 2.75) is 24.3 Å². The first-order valence-electron chi connectivity index (χ1n) is 5.95. The Labute approximate surface area is 114 Å². The quantitative estimate of drug-likeness (QED) is 0.917. The highest BCUT2D eigenvalue weighted by Gasteiger charge is 2.42. The molecule has 0 bridgehead atoms. The normalized spacial score (nSPS) is 23.9. The van der Waals surface area contributed by atoms with Crippen molar-refractivity contribution >= 4 is 16.0 Å². The predicted octanol–water partition coefficient (Wildman–Crippen LogP) is 1.45. The van der Waals surface area contributed by atoms with Crippen molar-refractivity contribution in [3.8, 4) is 0 Å². The topological polar surface area (TPSA) is 74.7 Å². The molecule has 1 aliphatic rings. The minimum absolute atomic E-state index is 0.00270. The van der Waals surface area contributed by atoms with Crippen LogP contribution in [0.1, 0.15) is 13.3 Å². The fourth-order valence-corrected chi connectivity index (χ4v) is 4.12. The maximum atomic E-state index is 13.6. The largest absolute Gasteiger partial charge is 0.481 e. The molecule has 0 saturated carbocycles. The van der Waals surface area contributed by atoms with Crippen LogP contribution in [0.25, 0.3) is 0 Å². The van der Waals surface area contributed by atoms with Crippen LogP contribution in [0, 0.1) is 17.6 Å². The summed E-state index contributed by atoms with van der Waals surface area (Å²) in [7, 11) is -4.17. The summed E-state index contributed by atoms with van der Waals surface area (Å²) in [6, 6.07) is 1.41. The SMILES string of the molecule is CC1C(C(=O)O)CCN1S(=O)(=O)c1ccc(F)cc1F. The summed E-state index contributed by atoms with van der Waals surface area (Å²) in [6.45, 7) is 1.46. The van der Waals surface area contributed by atoms with Gasteiger partial charge in [0.15, 0.2) is 0 Å². The zero-order valence-electron chi connectivity index (χ0n) is 10.6. The van der Waals surface area contributed by atoms with Gasteiger partial charge in [0.1, 0.15) is 16.5 Å². The first-order valence-corrected chi connectivity index (χ1v) is 7.39. The van der Waals surface area contributed by atoms with E-state index in [4.69, 9.17) is 5.11 Å². The van der Waals surface area contributed by atoms with Gasteiger partial charge in [-0.15, -0.1) is 0 Å². The fourth-order valence-electron chi connectivity index (χ4n) is 2.39. The number of benzene rings is 1. The molecule has 0 radical (unpaired) electrons. The smallest absolute Gasteiger partial charge is 0.308 e. The highest BCUT2D eigenvalue weighted by molar-refractivity contribution is 7.89. The molecule has 1 aromatic rings. The Hall–Kier alpha value is -1.54. The molecule has 8 heteroatoms. The Morgan fingerprint density at radius 3 is 2.55 bits per heavy atom. The molecule has 2 rings (SSSR count). The zero-order valence-corrected chi connectivity index (χ0v) is 11.4. The molecule has 20 heavy (non-hydrogen) atoms. The van der Waals surface area contributed by atoms with E-state index < -0.39 is 44.5 Å². The highest BCUT2D eigenvalue weighted by Crippen LogP contribution is 2.31. The molecule has 1 aliphatic heterocycles. The highest BCUT2D eigenvalue weighted by atomic mass is 32.2. The Balaban J connectivity index is 2.39. The van der Waals surface area contributed by atoms with Crippen molar-refractivity contribution in [1.82, 2.24) is 4.31 Å². The summed E-state index contributed by atoms with van der Waals surface area (Å²) >= 11 is 0. The lowest BCUT2D eigenvalue weighted by Crippen LogP contribution is -2.38. The van der Waals surface area contributed by atoms with E-state index in [-0.39, 0.29) is 13.0 Å². The maximum absolute atomic E-state index is 13.6. The Bertz CT molecular complexity index is 647. The first-order chi connectivity index (χ1) is 9.25. The standard InChI is InChI=1S/C12H13F2NO4S/c1-7-9(12(16)17)4-5-15(7)20(18,19)11-3-2-8(13)6-10(11)14/h2-3,6-7,9H,4-5H2,1H3,(H,16,17). The number of aliphatic carboxylic acids is 1. The van der Waals surface area contributed by atoms with E-state index >= 15 is 0 Å². The second-order valence-corrected chi connectivity index (χ2v) is 6.52. The number of carboxylic acid groups (broad SMARTS) is 1. The monoisotopic (exact) mass is 305 g/mol. The van der Waals surface area contributed by atoms with Crippen LogP contribution in [0.5, 0.6) is 0 Å². The minimum Gasteiger partial charge on any atom is -0.481 e. The van der Waals surface area contributed by atoms with Gasteiger partial charge in [0.25, 0.3) is 0 Å². The van der Waals surface area contributed by atoms with Crippen molar-refractivity contribution in [2.75, 3.05) is 6.54 Å². The summed E-state index contributed by atoms with van der Waals surface area (Å²) in [6.07, 6.45) is 0.165. The Morgan fingerprint density at radius 1 is 1.40 bits per heavy atom. The van der Waals surface area contributed by atoms with E-state index in [1.54, 1.807) is 0 Å². The molecule has 0 aromatic heterocycles. The Morgan fingerprint density at radius 2 is 2.05 bits per heavy atom. The van der Waals surface area contributed by atoms with Crippen molar-refractivity contribution in [3.63, 3.8) is 0 Å². The average Bonchev–Trinajstić information content (AvgIpc) is 2.71. The second kappa shape index (κ2) is 5.10. The first kappa shape index (κ1) is 14.9. The second-order valence-electron chi connectivity index (χ2n) is 4.66.